The minimum absolute atomic E-state index is 0.0274. The van der Waals surface area contributed by atoms with Crippen molar-refractivity contribution in [1.29, 1.82) is 5.26 Å². The predicted octanol–water partition coefficient (Wildman–Crippen LogP) is 3.87. The van der Waals surface area contributed by atoms with Gasteiger partial charge in [0, 0.05) is 45.1 Å². The first kappa shape index (κ1) is 26.4. The second-order valence-corrected chi connectivity index (χ2v) is 12.3. The number of nitrogens with one attached hydrogen (secondary N) is 1. The van der Waals surface area contributed by atoms with Crippen LogP contribution in [0.3, 0.4) is 0 Å². The molecule has 1 N–H and O–H groups in total. The van der Waals surface area contributed by atoms with Crippen molar-refractivity contribution in [3.63, 3.8) is 0 Å². The average Bonchev–Trinajstić information content (AvgIpc) is 3.32. The molecule has 196 valence electrons. The van der Waals surface area contributed by atoms with E-state index in [1.54, 1.807) is 4.90 Å². The number of rotatable bonds is 7. The number of ether oxygens (including phenoxy) is 1. The largest absolute Gasteiger partial charge is 0.378 e. The highest BCUT2D eigenvalue weighted by Gasteiger charge is 2.50. The van der Waals surface area contributed by atoms with Gasteiger partial charge >= 0.3 is 0 Å². The number of likely N-dealkylation sites (tertiary alicyclic amines) is 1. The summed E-state index contributed by atoms with van der Waals surface area (Å²) in [7, 11) is 0. The lowest BCUT2D eigenvalue weighted by molar-refractivity contribution is -0.137. The summed E-state index contributed by atoms with van der Waals surface area (Å²) in [5.74, 6) is 0.304. The van der Waals surface area contributed by atoms with Crippen molar-refractivity contribution in [3.05, 3.63) is 0 Å². The minimum Gasteiger partial charge on any atom is -0.378 e. The predicted molar refractivity (Wildman–Crippen MR) is 135 cm³/mol. The van der Waals surface area contributed by atoms with Crippen LogP contribution >= 0.6 is 0 Å². The normalized spacial score (nSPS) is 31.0. The Morgan fingerprint density at radius 1 is 1.03 bits per heavy atom. The first-order valence-corrected chi connectivity index (χ1v) is 14.1. The van der Waals surface area contributed by atoms with Crippen LogP contribution in [0.1, 0.15) is 90.9 Å². The van der Waals surface area contributed by atoms with Crippen LogP contribution in [0.25, 0.3) is 0 Å². The highest BCUT2D eigenvalue weighted by atomic mass is 16.5. The number of nitriles is 1. The van der Waals surface area contributed by atoms with Crippen LogP contribution in [0.5, 0.6) is 0 Å². The van der Waals surface area contributed by atoms with Crippen LogP contribution in [0.2, 0.25) is 0 Å². The van der Waals surface area contributed by atoms with Gasteiger partial charge in [-0.3, -0.25) is 14.5 Å². The van der Waals surface area contributed by atoms with Crippen LogP contribution in [-0.4, -0.2) is 73.1 Å². The third-order valence-electron chi connectivity index (χ3n) is 9.21. The van der Waals surface area contributed by atoms with Crippen molar-refractivity contribution in [1.82, 2.24) is 15.1 Å². The summed E-state index contributed by atoms with van der Waals surface area (Å²) in [6.07, 6.45) is 12.0. The molecule has 4 fully saturated rings. The Kier molecular flexibility index (Phi) is 8.76. The summed E-state index contributed by atoms with van der Waals surface area (Å²) >= 11 is 0. The zero-order valence-electron chi connectivity index (χ0n) is 22.0. The van der Waals surface area contributed by atoms with Gasteiger partial charge in [0.1, 0.15) is 0 Å². The molecule has 0 unspecified atom stereocenters. The van der Waals surface area contributed by atoms with Crippen LogP contribution in [-0.2, 0) is 14.3 Å². The van der Waals surface area contributed by atoms with Gasteiger partial charge in [-0.05, 0) is 49.9 Å². The molecule has 7 nitrogen and oxygen atoms in total. The zero-order valence-corrected chi connectivity index (χ0v) is 22.0. The van der Waals surface area contributed by atoms with Gasteiger partial charge in [-0.1, -0.05) is 39.5 Å². The minimum atomic E-state index is -0.534. The van der Waals surface area contributed by atoms with Gasteiger partial charge in [0.25, 0.3) is 0 Å². The molecule has 0 aromatic rings. The molecule has 4 aliphatic rings. The lowest BCUT2D eigenvalue weighted by atomic mass is 9.70. The van der Waals surface area contributed by atoms with Gasteiger partial charge in [-0.2, -0.15) is 5.26 Å². The number of hydrogen-bond donors (Lipinski definition) is 1. The zero-order chi connectivity index (χ0) is 24.9. The van der Waals surface area contributed by atoms with Crippen LogP contribution in [0.4, 0.5) is 0 Å². The maximum absolute atomic E-state index is 13.1. The monoisotopic (exact) mass is 486 g/mol. The summed E-state index contributed by atoms with van der Waals surface area (Å²) in [5, 5.41) is 13.9. The fourth-order valence-corrected chi connectivity index (χ4v) is 7.17. The van der Waals surface area contributed by atoms with E-state index >= 15 is 0 Å². The summed E-state index contributed by atoms with van der Waals surface area (Å²) in [4.78, 5) is 30.1. The molecule has 2 saturated carbocycles. The smallest absolute Gasteiger partial charge is 0.223 e. The maximum Gasteiger partial charge on any atom is 0.223 e. The molecule has 0 aromatic heterocycles. The highest BCUT2D eigenvalue weighted by molar-refractivity contribution is 5.84. The molecule has 0 spiro atoms. The second kappa shape index (κ2) is 11.6. The number of carbonyl (C=O) groups excluding carboxylic acids is 2. The number of nitrogens with zero attached hydrogens (tertiary/aromatic N) is 3. The van der Waals surface area contributed by atoms with Gasteiger partial charge < -0.3 is 15.0 Å². The Balaban J connectivity index is 1.42. The van der Waals surface area contributed by atoms with E-state index < -0.39 is 5.41 Å². The Labute approximate surface area is 211 Å². The number of morpholine rings is 1. The third kappa shape index (κ3) is 6.57. The Morgan fingerprint density at radius 2 is 1.77 bits per heavy atom. The molecule has 4 rings (SSSR count). The Hall–Kier alpha value is -1.65. The number of hydrogen-bond acceptors (Lipinski definition) is 5. The molecular weight excluding hydrogens is 440 g/mol. The number of carbonyl (C=O) groups is 2. The second-order valence-electron chi connectivity index (χ2n) is 12.3. The maximum atomic E-state index is 13.1. The number of amides is 2. The van der Waals surface area contributed by atoms with E-state index in [0.717, 1.165) is 32.4 Å². The quantitative estimate of drug-likeness (QED) is 0.590. The summed E-state index contributed by atoms with van der Waals surface area (Å²) < 4.78 is 5.33. The molecule has 0 bridgehead atoms. The van der Waals surface area contributed by atoms with Gasteiger partial charge in [-0.25, -0.2) is 0 Å². The van der Waals surface area contributed by atoms with Crippen molar-refractivity contribution in [2.75, 3.05) is 39.4 Å². The molecule has 35 heavy (non-hydrogen) atoms. The van der Waals surface area contributed by atoms with Gasteiger partial charge in [0.2, 0.25) is 11.8 Å². The standard InChI is InChI=1S/C28H46N4O3/c1-27(2)12-6-9-23(19-27)32-14-13-28(20-29,21-32)26(22-7-4-3-5-8-22)30-24(33)10-11-25(34)31-15-17-35-18-16-31/h22-23,26H,3-19,21H2,1-2H3,(H,30,33)/t23-,26+,28-/m0/s1. The Morgan fingerprint density at radius 3 is 2.46 bits per heavy atom. The first-order valence-electron chi connectivity index (χ1n) is 14.1. The molecule has 7 heteroatoms. The van der Waals surface area contributed by atoms with Crippen molar-refractivity contribution < 1.29 is 14.3 Å². The molecule has 0 radical (unpaired) electrons. The molecule has 2 amide bonds. The third-order valence-corrected chi connectivity index (χ3v) is 9.21. The van der Waals surface area contributed by atoms with Crippen molar-refractivity contribution in [2.24, 2.45) is 16.7 Å². The summed E-state index contributed by atoms with van der Waals surface area (Å²) in [5.41, 5.74) is -0.168. The fourth-order valence-electron chi connectivity index (χ4n) is 7.17. The van der Waals surface area contributed by atoms with E-state index in [-0.39, 0.29) is 30.7 Å². The topological polar surface area (TPSA) is 85.7 Å². The molecule has 2 saturated heterocycles. The fraction of sp³-hybridized carbons (Fsp3) is 0.893. The average molecular weight is 487 g/mol. The lowest BCUT2D eigenvalue weighted by Crippen LogP contribution is -2.54. The highest BCUT2D eigenvalue weighted by Crippen LogP contribution is 2.45. The molecule has 2 heterocycles. The molecular formula is C28H46N4O3. The van der Waals surface area contributed by atoms with Gasteiger partial charge in [-0.15, -0.1) is 0 Å². The summed E-state index contributed by atoms with van der Waals surface area (Å²) in [6, 6.07) is 3.16. The SMILES string of the molecule is CC1(C)CCC[C@H](N2CC[C@@](C#N)([C@H](NC(=O)CCC(=O)N3CCOCC3)C3CCCCC3)C2)C1. The van der Waals surface area contributed by atoms with E-state index in [1.165, 1.54) is 44.9 Å². The van der Waals surface area contributed by atoms with Crippen molar-refractivity contribution in [2.45, 2.75) is 103 Å². The molecule has 2 aliphatic heterocycles. The molecule has 3 atom stereocenters. The van der Waals surface area contributed by atoms with Gasteiger partial charge in [0.05, 0.1) is 30.7 Å². The Bertz CT molecular complexity index is 782. The molecule has 0 aromatic carbocycles. The van der Waals surface area contributed by atoms with Crippen LogP contribution in [0.15, 0.2) is 0 Å². The van der Waals surface area contributed by atoms with E-state index in [1.807, 2.05) is 0 Å². The van der Waals surface area contributed by atoms with E-state index in [4.69, 9.17) is 4.74 Å². The molecule has 2 aliphatic carbocycles. The van der Waals surface area contributed by atoms with E-state index in [2.05, 4.69) is 30.1 Å². The summed E-state index contributed by atoms with van der Waals surface area (Å²) in [6.45, 7) is 8.81. The van der Waals surface area contributed by atoms with Gasteiger partial charge in [0.15, 0.2) is 0 Å². The van der Waals surface area contributed by atoms with Crippen LogP contribution in [0, 0.1) is 28.1 Å². The van der Waals surface area contributed by atoms with Crippen LogP contribution < -0.4 is 5.32 Å². The van der Waals surface area contributed by atoms with E-state index in [9.17, 15) is 14.9 Å². The van der Waals surface area contributed by atoms with E-state index in [0.29, 0.717) is 43.7 Å². The van der Waals surface area contributed by atoms with Crippen molar-refractivity contribution >= 4 is 11.8 Å². The first-order chi connectivity index (χ1) is 16.8. The van der Waals surface area contributed by atoms with Crippen molar-refractivity contribution in [3.8, 4) is 6.07 Å². The lowest BCUT2D eigenvalue weighted by Gasteiger charge is -2.42.